The third kappa shape index (κ3) is 2.98. The number of rotatable bonds is 3. The molecule has 0 aliphatic carbocycles. The molecule has 0 amide bonds. The lowest BCUT2D eigenvalue weighted by molar-refractivity contribution is 0.647. The number of halogens is 2. The van der Waals surface area contributed by atoms with Gasteiger partial charge in [-0.25, -0.2) is 4.98 Å². The maximum Gasteiger partial charge on any atom is 0.275 e. The van der Waals surface area contributed by atoms with Gasteiger partial charge in [0, 0.05) is 12.4 Å². The van der Waals surface area contributed by atoms with Crippen LogP contribution in [0.4, 0.5) is 11.5 Å². The van der Waals surface area contributed by atoms with Gasteiger partial charge >= 0.3 is 0 Å². The van der Waals surface area contributed by atoms with Crippen LogP contribution in [0.3, 0.4) is 0 Å². The Morgan fingerprint density at radius 1 is 1.60 bits per heavy atom. The van der Waals surface area contributed by atoms with Crippen LogP contribution in [-0.2, 0) is 0 Å². The largest absolute Gasteiger partial charge is 0.335 e. The molecule has 20 heavy (non-hydrogen) atoms. The van der Waals surface area contributed by atoms with Gasteiger partial charge < -0.3 is 5.32 Å². The Morgan fingerprint density at radius 2 is 2.35 bits per heavy atom. The third-order valence-corrected chi connectivity index (χ3v) is 3.31. The van der Waals surface area contributed by atoms with E-state index in [2.05, 4.69) is 31.2 Å². The smallest absolute Gasteiger partial charge is 0.275 e. The molecular weight excluding hydrogens is 346 g/mol. The Balaban J connectivity index is 2.43. The summed E-state index contributed by atoms with van der Waals surface area (Å²) in [5.74, 6) is 0.379. The van der Waals surface area contributed by atoms with E-state index in [0.717, 1.165) is 0 Å². The van der Waals surface area contributed by atoms with Gasteiger partial charge in [-0.05, 0) is 46.6 Å². The lowest BCUT2D eigenvalue weighted by Crippen LogP contribution is -2.24. The Bertz CT molecular complexity index is 739. The van der Waals surface area contributed by atoms with Crippen molar-refractivity contribution < 1.29 is 0 Å². The van der Waals surface area contributed by atoms with Crippen LogP contribution >= 0.6 is 27.5 Å². The highest BCUT2D eigenvalue weighted by atomic mass is 79.9. The molecule has 0 radical (unpaired) electrons. The maximum absolute atomic E-state index is 12.2. The molecule has 8 heteroatoms. The van der Waals surface area contributed by atoms with E-state index >= 15 is 0 Å². The van der Waals surface area contributed by atoms with E-state index in [4.69, 9.17) is 16.9 Å². The summed E-state index contributed by atoms with van der Waals surface area (Å²) in [6, 6.07) is 4.74. The minimum atomic E-state index is -0.554. The molecule has 2 heterocycles. The van der Waals surface area contributed by atoms with Crippen LogP contribution in [-0.4, -0.2) is 14.5 Å². The second-order valence-corrected chi connectivity index (χ2v) is 5.09. The van der Waals surface area contributed by atoms with Gasteiger partial charge in [-0.2, -0.15) is 10.2 Å². The van der Waals surface area contributed by atoms with Crippen LogP contribution in [0.15, 0.2) is 33.8 Å². The van der Waals surface area contributed by atoms with E-state index in [1.54, 1.807) is 25.3 Å². The van der Waals surface area contributed by atoms with Crippen LogP contribution in [0.1, 0.15) is 13.0 Å². The van der Waals surface area contributed by atoms with Crippen molar-refractivity contribution in [3.05, 3.63) is 44.6 Å². The van der Waals surface area contributed by atoms with Gasteiger partial charge in [-0.1, -0.05) is 0 Å². The van der Waals surface area contributed by atoms with Crippen LogP contribution in [0.5, 0.6) is 0 Å². The monoisotopic (exact) mass is 353 g/mol. The second-order valence-electron chi connectivity index (χ2n) is 3.90. The van der Waals surface area contributed by atoms with Crippen molar-refractivity contribution in [2.45, 2.75) is 13.0 Å². The van der Waals surface area contributed by atoms with E-state index in [-0.39, 0.29) is 10.8 Å². The molecule has 0 aliphatic rings. The van der Waals surface area contributed by atoms with Crippen molar-refractivity contribution in [1.82, 2.24) is 14.5 Å². The van der Waals surface area contributed by atoms with Gasteiger partial charge in [0.1, 0.15) is 17.5 Å². The summed E-state index contributed by atoms with van der Waals surface area (Å²) in [5.41, 5.74) is -0.0201. The maximum atomic E-state index is 12.2. The molecule has 0 aromatic carbocycles. The Hall–Kier alpha value is -1.91. The average Bonchev–Trinajstić information content (AvgIpc) is 2.44. The minimum Gasteiger partial charge on any atom is -0.335 e. The first-order valence-corrected chi connectivity index (χ1v) is 6.76. The normalized spacial score (nSPS) is 11.7. The van der Waals surface area contributed by atoms with Crippen molar-refractivity contribution in [3.8, 4) is 6.07 Å². The molecule has 0 fully saturated rings. The zero-order valence-corrected chi connectivity index (χ0v) is 12.7. The van der Waals surface area contributed by atoms with Crippen LogP contribution in [0.25, 0.3) is 0 Å². The summed E-state index contributed by atoms with van der Waals surface area (Å²) in [6.45, 7) is 1.64. The van der Waals surface area contributed by atoms with E-state index < -0.39 is 6.04 Å². The molecule has 2 rings (SSSR count). The lowest BCUT2D eigenvalue weighted by atomic mass is 10.3. The summed E-state index contributed by atoms with van der Waals surface area (Å²) in [5, 5.41) is 11.8. The molecular formula is C12H9BrClN5O. The lowest BCUT2D eigenvalue weighted by Gasteiger charge is -2.11. The fourth-order valence-corrected chi connectivity index (χ4v) is 1.96. The van der Waals surface area contributed by atoms with Gasteiger partial charge in [-0.15, -0.1) is 0 Å². The molecule has 0 spiro atoms. The second kappa shape index (κ2) is 6.03. The molecule has 2 aromatic rings. The highest BCUT2D eigenvalue weighted by Gasteiger charge is 2.11. The molecule has 2 aromatic heterocycles. The number of pyridine rings is 1. The predicted octanol–water partition coefficient (Wildman–Crippen LogP) is 2.88. The average molecular weight is 355 g/mol. The molecule has 0 bridgehead atoms. The van der Waals surface area contributed by atoms with Gasteiger partial charge in [0.2, 0.25) is 5.28 Å². The predicted molar refractivity (Wildman–Crippen MR) is 79.1 cm³/mol. The molecule has 1 atom stereocenters. The minimum absolute atomic E-state index is 0.0670. The molecule has 0 aliphatic heterocycles. The summed E-state index contributed by atoms with van der Waals surface area (Å²) < 4.78 is 1.91. The van der Waals surface area contributed by atoms with Crippen molar-refractivity contribution >= 4 is 39.0 Å². The van der Waals surface area contributed by atoms with Crippen LogP contribution < -0.4 is 10.9 Å². The molecule has 1 unspecified atom stereocenters. The van der Waals surface area contributed by atoms with Crippen molar-refractivity contribution in [3.63, 3.8) is 0 Å². The Kier molecular flexibility index (Phi) is 4.37. The van der Waals surface area contributed by atoms with Gasteiger partial charge in [0.25, 0.3) is 5.56 Å². The Morgan fingerprint density at radius 3 is 3.05 bits per heavy atom. The van der Waals surface area contributed by atoms with E-state index in [1.165, 1.54) is 10.8 Å². The van der Waals surface area contributed by atoms with Gasteiger partial charge in [0.15, 0.2) is 0 Å². The van der Waals surface area contributed by atoms with Crippen molar-refractivity contribution in [1.29, 1.82) is 5.26 Å². The van der Waals surface area contributed by atoms with Crippen LogP contribution in [0, 0.1) is 11.3 Å². The summed E-state index contributed by atoms with van der Waals surface area (Å²) in [4.78, 5) is 20.0. The summed E-state index contributed by atoms with van der Waals surface area (Å²) in [7, 11) is 0. The first-order valence-electron chi connectivity index (χ1n) is 5.58. The SMILES string of the molecule is CC(C#N)n1cccc(Nc2nc(Cl)ncc2Br)c1=O. The van der Waals surface area contributed by atoms with Gasteiger partial charge in [-0.3, -0.25) is 9.36 Å². The first kappa shape index (κ1) is 14.5. The number of nitriles is 1. The molecule has 0 saturated heterocycles. The molecule has 1 N–H and O–H groups in total. The zero-order chi connectivity index (χ0) is 14.7. The standard InChI is InChI=1S/C12H9BrClN5O/c1-7(5-15)19-4-2-3-9(11(19)20)17-10-8(13)6-16-12(14)18-10/h2-4,6-7H,1H3,(H,16,17,18). The van der Waals surface area contributed by atoms with Crippen molar-refractivity contribution in [2.75, 3.05) is 5.32 Å². The van der Waals surface area contributed by atoms with E-state index in [1.807, 2.05) is 6.07 Å². The fraction of sp³-hybridized carbons (Fsp3) is 0.167. The molecule has 0 saturated carbocycles. The zero-order valence-electron chi connectivity index (χ0n) is 10.3. The first-order chi connectivity index (χ1) is 9.52. The van der Waals surface area contributed by atoms with E-state index in [9.17, 15) is 4.79 Å². The number of anilines is 2. The number of hydrogen-bond acceptors (Lipinski definition) is 5. The topological polar surface area (TPSA) is 83.6 Å². The van der Waals surface area contributed by atoms with E-state index in [0.29, 0.717) is 16.0 Å². The number of hydrogen-bond donors (Lipinski definition) is 1. The number of nitrogens with zero attached hydrogens (tertiary/aromatic N) is 4. The number of aromatic nitrogens is 3. The number of nitrogens with one attached hydrogen (secondary N) is 1. The fourth-order valence-electron chi connectivity index (χ4n) is 1.53. The van der Waals surface area contributed by atoms with Crippen LogP contribution in [0.2, 0.25) is 5.28 Å². The van der Waals surface area contributed by atoms with Crippen molar-refractivity contribution in [2.24, 2.45) is 0 Å². The quantitative estimate of drug-likeness (QED) is 0.857. The summed E-state index contributed by atoms with van der Waals surface area (Å²) >= 11 is 8.98. The summed E-state index contributed by atoms with van der Waals surface area (Å²) in [6.07, 6.45) is 3.04. The molecule has 6 nitrogen and oxygen atoms in total. The molecule has 102 valence electrons. The third-order valence-electron chi connectivity index (χ3n) is 2.55. The Labute approximate surface area is 128 Å². The highest BCUT2D eigenvalue weighted by Crippen LogP contribution is 2.22. The van der Waals surface area contributed by atoms with Gasteiger partial charge in [0.05, 0.1) is 10.5 Å². The highest BCUT2D eigenvalue weighted by molar-refractivity contribution is 9.10.